The third kappa shape index (κ3) is 6.94. The summed E-state index contributed by atoms with van der Waals surface area (Å²) < 4.78 is 29.9. The van der Waals surface area contributed by atoms with Crippen LogP contribution < -0.4 is 15.2 Å². The van der Waals surface area contributed by atoms with Gasteiger partial charge in [-0.1, -0.05) is 53.1 Å². The van der Waals surface area contributed by atoms with Crippen LogP contribution in [0.2, 0.25) is 0 Å². The summed E-state index contributed by atoms with van der Waals surface area (Å²) in [6.07, 6.45) is 0. The minimum atomic E-state index is -3.86. The zero-order chi connectivity index (χ0) is 22.4. The monoisotopic (exact) mass is 496 g/mol. The number of methoxy groups -OCH3 is 1. The van der Waals surface area contributed by atoms with E-state index in [0.717, 1.165) is 21.4 Å². The van der Waals surface area contributed by atoms with Crippen LogP contribution in [0.5, 0.6) is 5.75 Å². The Labute approximate surface area is 193 Å². The van der Waals surface area contributed by atoms with Crippen LogP contribution in [0.1, 0.15) is 11.1 Å². The Bertz CT molecular complexity index is 1160. The molecule has 0 aliphatic rings. The van der Waals surface area contributed by atoms with Crippen LogP contribution in [0.4, 0.5) is 5.69 Å². The number of nitrogens with zero attached hydrogens (tertiary/aromatic N) is 2. The second-order valence-electron chi connectivity index (χ2n) is 6.33. The van der Waals surface area contributed by atoms with Crippen molar-refractivity contribution in [2.45, 2.75) is 26.3 Å². The molecule has 0 fully saturated rings. The van der Waals surface area contributed by atoms with Gasteiger partial charge in [-0.3, -0.25) is 4.79 Å². The summed E-state index contributed by atoms with van der Waals surface area (Å²) >= 11 is 4.26. The second kappa shape index (κ2) is 10.5. The third-order valence-electron chi connectivity index (χ3n) is 4.01. The van der Waals surface area contributed by atoms with Crippen LogP contribution in [0.25, 0.3) is 0 Å². The van der Waals surface area contributed by atoms with Crippen LogP contribution in [-0.2, 0) is 20.6 Å². The first-order valence-corrected chi connectivity index (χ1v) is 13.2. The molecule has 0 aliphatic heterocycles. The molecule has 0 unspecified atom stereocenters. The highest BCUT2D eigenvalue weighted by Gasteiger charge is 2.14. The number of primary sulfonamides is 1. The molecule has 0 radical (unpaired) electrons. The Morgan fingerprint density at radius 1 is 1.13 bits per heavy atom. The molecule has 3 aromatic rings. The number of rotatable bonds is 9. The predicted molar refractivity (Wildman–Crippen MR) is 124 cm³/mol. The predicted octanol–water partition coefficient (Wildman–Crippen LogP) is 3.53. The Morgan fingerprint density at radius 3 is 2.45 bits per heavy atom. The van der Waals surface area contributed by atoms with Crippen molar-refractivity contribution in [3.63, 3.8) is 0 Å². The first kappa shape index (κ1) is 23.5. The van der Waals surface area contributed by atoms with Crippen molar-refractivity contribution in [3.8, 4) is 5.75 Å². The van der Waals surface area contributed by atoms with E-state index in [4.69, 9.17) is 9.88 Å². The molecule has 0 atom stereocenters. The number of anilines is 1. The fourth-order valence-electron chi connectivity index (χ4n) is 2.49. The number of ether oxygens (including phenoxy) is 1. The fourth-order valence-corrected chi connectivity index (χ4v) is 6.07. The Balaban J connectivity index is 1.50. The van der Waals surface area contributed by atoms with E-state index >= 15 is 0 Å². The standard InChI is InChI=1S/C19H20N4O4S4/c1-12-3-6-14(9-16(12)31(20,25)26)21-17(24)11-29-19-23-22-18(30-19)28-10-13-4-7-15(27-2)8-5-13/h3-9H,10-11H2,1-2H3,(H,21,24)(H2,20,25,26). The van der Waals surface area contributed by atoms with E-state index in [1.54, 1.807) is 37.9 Å². The van der Waals surface area contributed by atoms with Gasteiger partial charge in [0.05, 0.1) is 17.8 Å². The van der Waals surface area contributed by atoms with E-state index < -0.39 is 10.0 Å². The average Bonchev–Trinajstić information content (AvgIpc) is 3.19. The first-order chi connectivity index (χ1) is 14.7. The van der Waals surface area contributed by atoms with E-state index in [0.29, 0.717) is 15.6 Å². The zero-order valence-electron chi connectivity index (χ0n) is 16.7. The van der Waals surface area contributed by atoms with Crippen LogP contribution in [0, 0.1) is 6.92 Å². The topological polar surface area (TPSA) is 124 Å². The van der Waals surface area contributed by atoms with Crippen LogP contribution in [0.15, 0.2) is 56.0 Å². The van der Waals surface area contributed by atoms with Crippen molar-refractivity contribution in [2.24, 2.45) is 5.14 Å². The lowest BCUT2D eigenvalue weighted by molar-refractivity contribution is -0.113. The minimum absolute atomic E-state index is 0.0133. The van der Waals surface area contributed by atoms with Crippen molar-refractivity contribution in [3.05, 3.63) is 53.6 Å². The number of nitrogens with two attached hydrogens (primary N) is 1. The van der Waals surface area contributed by atoms with Crippen molar-refractivity contribution >= 4 is 56.5 Å². The number of benzene rings is 2. The SMILES string of the molecule is COc1ccc(CSc2nnc(SCC(=O)Nc3ccc(C)c(S(N)(=O)=O)c3)s2)cc1. The van der Waals surface area contributed by atoms with Crippen LogP contribution >= 0.6 is 34.9 Å². The summed E-state index contributed by atoms with van der Waals surface area (Å²) in [4.78, 5) is 12.2. The van der Waals surface area contributed by atoms with Gasteiger partial charge in [-0.2, -0.15) is 0 Å². The molecule has 0 saturated heterocycles. The van der Waals surface area contributed by atoms with E-state index in [1.807, 2.05) is 24.3 Å². The molecule has 31 heavy (non-hydrogen) atoms. The molecule has 3 N–H and O–H groups in total. The molecule has 0 aliphatic carbocycles. The molecule has 0 bridgehead atoms. The highest BCUT2D eigenvalue weighted by atomic mass is 32.2. The lowest BCUT2D eigenvalue weighted by Crippen LogP contribution is -2.17. The summed E-state index contributed by atoms with van der Waals surface area (Å²) in [5, 5.41) is 16.1. The van der Waals surface area contributed by atoms with Gasteiger partial charge in [-0.25, -0.2) is 13.6 Å². The van der Waals surface area contributed by atoms with Gasteiger partial charge in [-0.05, 0) is 42.3 Å². The molecule has 1 aromatic heterocycles. The van der Waals surface area contributed by atoms with E-state index in [9.17, 15) is 13.2 Å². The van der Waals surface area contributed by atoms with Gasteiger partial charge in [0.1, 0.15) is 5.75 Å². The number of carbonyl (C=O) groups is 1. The minimum Gasteiger partial charge on any atom is -0.497 e. The molecule has 8 nitrogen and oxygen atoms in total. The molecule has 1 amide bonds. The number of hydrogen-bond acceptors (Lipinski definition) is 9. The largest absolute Gasteiger partial charge is 0.497 e. The van der Waals surface area contributed by atoms with Crippen molar-refractivity contribution in [2.75, 3.05) is 18.2 Å². The van der Waals surface area contributed by atoms with Crippen LogP contribution in [-0.4, -0.2) is 37.4 Å². The number of carbonyl (C=O) groups excluding carboxylic acids is 1. The maximum absolute atomic E-state index is 12.2. The average molecular weight is 497 g/mol. The van der Waals surface area contributed by atoms with Gasteiger partial charge >= 0.3 is 0 Å². The number of hydrogen-bond donors (Lipinski definition) is 2. The van der Waals surface area contributed by atoms with Crippen molar-refractivity contribution in [1.82, 2.24) is 10.2 Å². The van der Waals surface area contributed by atoms with E-state index in [1.165, 1.54) is 29.2 Å². The molecular weight excluding hydrogens is 477 g/mol. The van der Waals surface area contributed by atoms with Gasteiger partial charge in [-0.15, -0.1) is 10.2 Å². The van der Waals surface area contributed by atoms with Gasteiger partial charge < -0.3 is 10.1 Å². The maximum atomic E-state index is 12.2. The summed E-state index contributed by atoms with van der Waals surface area (Å²) in [7, 11) is -2.22. The van der Waals surface area contributed by atoms with Gasteiger partial charge in [0.25, 0.3) is 0 Å². The van der Waals surface area contributed by atoms with Gasteiger partial charge in [0, 0.05) is 11.4 Å². The quantitative estimate of drug-likeness (QED) is 0.431. The number of thioether (sulfide) groups is 2. The van der Waals surface area contributed by atoms with E-state index in [2.05, 4.69) is 15.5 Å². The molecule has 0 saturated carbocycles. The number of aryl methyl sites for hydroxylation is 1. The lowest BCUT2D eigenvalue weighted by atomic mass is 10.2. The molecule has 1 heterocycles. The van der Waals surface area contributed by atoms with Crippen LogP contribution in [0.3, 0.4) is 0 Å². The molecule has 2 aromatic carbocycles. The highest BCUT2D eigenvalue weighted by Crippen LogP contribution is 2.31. The Hall–Kier alpha value is -2.12. The molecule has 0 spiro atoms. The number of nitrogens with one attached hydrogen (secondary N) is 1. The molecular formula is C19H20N4O4S4. The maximum Gasteiger partial charge on any atom is 0.238 e. The summed E-state index contributed by atoms with van der Waals surface area (Å²) in [5.74, 6) is 1.41. The number of amides is 1. The Morgan fingerprint density at radius 2 is 1.81 bits per heavy atom. The van der Waals surface area contributed by atoms with Crippen molar-refractivity contribution < 1.29 is 17.9 Å². The van der Waals surface area contributed by atoms with E-state index in [-0.39, 0.29) is 16.6 Å². The zero-order valence-corrected chi connectivity index (χ0v) is 20.0. The Kier molecular flexibility index (Phi) is 7.94. The summed E-state index contributed by atoms with van der Waals surface area (Å²) in [6, 6.07) is 12.4. The van der Waals surface area contributed by atoms with Crippen molar-refractivity contribution in [1.29, 1.82) is 0 Å². The molecule has 3 rings (SSSR count). The number of sulfonamides is 1. The first-order valence-electron chi connectivity index (χ1n) is 8.90. The normalized spacial score (nSPS) is 11.3. The summed E-state index contributed by atoms with van der Waals surface area (Å²) in [6.45, 7) is 1.64. The highest BCUT2D eigenvalue weighted by molar-refractivity contribution is 8.03. The fraction of sp³-hybridized carbons (Fsp3) is 0.211. The summed E-state index contributed by atoms with van der Waals surface area (Å²) in [5.41, 5.74) is 2.03. The second-order valence-corrected chi connectivity index (χ2v) is 11.3. The van der Waals surface area contributed by atoms with Gasteiger partial charge in [0.2, 0.25) is 15.9 Å². The lowest BCUT2D eigenvalue weighted by Gasteiger charge is -2.08. The molecule has 164 valence electrons. The molecule has 12 heteroatoms. The van der Waals surface area contributed by atoms with Gasteiger partial charge in [0.15, 0.2) is 8.68 Å². The number of aromatic nitrogens is 2. The third-order valence-corrected chi connectivity index (χ3v) is 8.33. The smallest absolute Gasteiger partial charge is 0.238 e.